The molecule has 0 saturated heterocycles. The molecule has 4 nitrogen and oxygen atoms in total. The Balaban J connectivity index is 2.46. The van der Waals surface area contributed by atoms with Gasteiger partial charge in [-0.15, -0.1) is 0 Å². The molecule has 0 aliphatic carbocycles. The highest BCUT2D eigenvalue weighted by molar-refractivity contribution is 5.94. The molecular weight excluding hydrogens is 240 g/mol. The first-order chi connectivity index (χ1) is 9.21. The summed E-state index contributed by atoms with van der Waals surface area (Å²) in [6.07, 6.45) is 0. The summed E-state index contributed by atoms with van der Waals surface area (Å²) in [4.78, 5) is 14.2. The highest BCUT2D eigenvalue weighted by Gasteiger charge is 2.06. The molecule has 0 aliphatic heterocycles. The summed E-state index contributed by atoms with van der Waals surface area (Å²) in [5.41, 5.74) is 0.644. The van der Waals surface area contributed by atoms with E-state index in [2.05, 4.69) is 24.1 Å². The van der Waals surface area contributed by atoms with Crippen molar-refractivity contribution in [3.63, 3.8) is 0 Å². The standard InChI is InChI=1S/C15H24N2O2/c1-4-17(5-2)11-10-16-15(18)13-8-7-9-14(12-13)19-6-3/h7-9,12H,4-6,10-11H2,1-3H3,(H,16,18). The third-order valence-corrected chi connectivity index (χ3v) is 3.02. The summed E-state index contributed by atoms with van der Waals surface area (Å²) in [7, 11) is 0. The van der Waals surface area contributed by atoms with Crippen LogP contribution in [0.2, 0.25) is 0 Å². The van der Waals surface area contributed by atoms with Gasteiger partial charge in [0.25, 0.3) is 5.91 Å². The predicted molar refractivity (Wildman–Crippen MR) is 77.7 cm³/mol. The van der Waals surface area contributed by atoms with E-state index in [0.29, 0.717) is 18.7 Å². The lowest BCUT2D eigenvalue weighted by Crippen LogP contribution is -2.34. The molecule has 19 heavy (non-hydrogen) atoms. The number of nitrogens with zero attached hydrogens (tertiary/aromatic N) is 1. The lowest BCUT2D eigenvalue weighted by Gasteiger charge is -2.18. The average molecular weight is 264 g/mol. The fourth-order valence-electron chi connectivity index (χ4n) is 1.86. The van der Waals surface area contributed by atoms with Gasteiger partial charge in [0.15, 0.2) is 0 Å². The van der Waals surface area contributed by atoms with Crippen LogP contribution in [0.3, 0.4) is 0 Å². The third kappa shape index (κ3) is 5.30. The Labute approximate surface area is 115 Å². The van der Waals surface area contributed by atoms with Crippen LogP contribution in [0, 0.1) is 0 Å². The molecule has 0 saturated carbocycles. The van der Waals surface area contributed by atoms with Gasteiger partial charge in [-0.05, 0) is 38.2 Å². The molecule has 0 unspecified atom stereocenters. The molecule has 4 heteroatoms. The van der Waals surface area contributed by atoms with Gasteiger partial charge in [-0.2, -0.15) is 0 Å². The number of likely N-dealkylation sites (N-methyl/N-ethyl adjacent to an activating group) is 1. The summed E-state index contributed by atoms with van der Waals surface area (Å²) >= 11 is 0. The van der Waals surface area contributed by atoms with Crippen molar-refractivity contribution in [1.82, 2.24) is 10.2 Å². The van der Waals surface area contributed by atoms with Crippen molar-refractivity contribution in [3.8, 4) is 5.75 Å². The van der Waals surface area contributed by atoms with Crippen molar-refractivity contribution >= 4 is 5.91 Å². The van der Waals surface area contributed by atoms with E-state index in [1.165, 1.54) is 0 Å². The molecule has 0 aliphatic rings. The van der Waals surface area contributed by atoms with Gasteiger partial charge < -0.3 is 15.0 Å². The second-order valence-electron chi connectivity index (χ2n) is 4.24. The Hall–Kier alpha value is -1.55. The molecule has 0 spiro atoms. The molecule has 106 valence electrons. The first-order valence-corrected chi connectivity index (χ1v) is 6.94. The van der Waals surface area contributed by atoms with Crippen molar-refractivity contribution in [2.24, 2.45) is 0 Å². The van der Waals surface area contributed by atoms with Crippen LogP contribution >= 0.6 is 0 Å². The zero-order chi connectivity index (χ0) is 14.1. The molecule has 0 fully saturated rings. The van der Waals surface area contributed by atoms with Crippen LogP contribution in [0.15, 0.2) is 24.3 Å². The Morgan fingerprint density at radius 2 is 2.00 bits per heavy atom. The lowest BCUT2D eigenvalue weighted by molar-refractivity contribution is 0.0948. The number of amides is 1. The summed E-state index contributed by atoms with van der Waals surface area (Å²) < 4.78 is 5.39. The molecule has 1 N–H and O–H groups in total. The molecule has 0 radical (unpaired) electrons. The average Bonchev–Trinajstić information content (AvgIpc) is 2.44. The maximum atomic E-state index is 12.0. The minimum Gasteiger partial charge on any atom is -0.494 e. The fraction of sp³-hybridized carbons (Fsp3) is 0.533. The largest absolute Gasteiger partial charge is 0.494 e. The van der Waals surface area contributed by atoms with E-state index in [1.807, 2.05) is 19.1 Å². The van der Waals surface area contributed by atoms with Crippen LogP contribution in [0.5, 0.6) is 5.75 Å². The number of benzene rings is 1. The quantitative estimate of drug-likeness (QED) is 0.782. The maximum Gasteiger partial charge on any atom is 0.251 e. The monoisotopic (exact) mass is 264 g/mol. The molecule has 0 atom stereocenters. The second kappa shape index (κ2) is 8.53. The zero-order valence-corrected chi connectivity index (χ0v) is 12.1. The topological polar surface area (TPSA) is 41.6 Å². The highest BCUT2D eigenvalue weighted by Crippen LogP contribution is 2.12. The molecule has 1 rings (SSSR count). The van der Waals surface area contributed by atoms with Gasteiger partial charge in [-0.1, -0.05) is 19.9 Å². The summed E-state index contributed by atoms with van der Waals surface area (Å²) in [5.74, 6) is 0.688. The van der Waals surface area contributed by atoms with E-state index in [9.17, 15) is 4.79 Å². The van der Waals surface area contributed by atoms with Crippen molar-refractivity contribution in [1.29, 1.82) is 0 Å². The molecule has 1 aromatic rings. The fourth-order valence-corrected chi connectivity index (χ4v) is 1.86. The zero-order valence-electron chi connectivity index (χ0n) is 12.1. The summed E-state index contributed by atoms with van der Waals surface area (Å²) in [6, 6.07) is 7.27. The van der Waals surface area contributed by atoms with Crippen molar-refractivity contribution in [2.75, 3.05) is 32.8 Å². The molecule has 1 aromatic carbocycles. The van der Waals surface area contributed by atoms with Crippen molar-refractivity contribution in [3.05, 3.63) is 29.8 Å². The number of hydrogen-bond acceptors (Lipinski definition) is 3. The Bertz CT molecular complexity index is 389. The maximum absolute atomic E-state index is 12.0. The smallest absolute Gasteiger partial charge is 0.251 e. The van der Waals surface area contributed by atoms with E-state index in [1.54, 1.807) is 12.1 Å². The minimum atomic E-state index is -0.0475. The number of hydrogen-bond donors (Lipinski definition) is 1. The molecule has 0 bridgehead atoms. The lowest BCUT2D eigenvalue weighted by atomic mass is 10.2. The number of rotatable bonds is 8. The van der Waals surface area contributed by atoms with Crippen LogP contribution < -0.4 is 10.1 Å². The van der Waals surface area contributed by atoms with Gasteiger partial charge in [-0.3, -0.25) is 4.79 Å². The van der Waals surface area contributed by atoms with Gasteiger partial charge in [0, 0.05) is 18.7 Å². The molecule has 1 amide bonds. The van der Waals surface area contributed by atoms with Crippen molar-refractivity contribution < 1.29 is 9.53 Å². The van der Waals surface area contributed by atoms with Gasteiger partial charge in [-0.25, -0.2) is 0 Å². The Kier molecular flexibility index (Phi) is 6.97. The molecule has 0 aromatic heterocycles. The first-order valence-electron chi connectivity index (χ1n) is 6.94. The van der Waals surface area contributed by atoms with Gasteiger partial charge in [0.1, 0.15) is 5.75 Å². The summed E-state index contributed by atoms with van der Waals surface area (Å²) in [6.45, 7) is 10.3. The third-order valence-electron chi connectivity index (χ3n) is 3.02. The van der Waals surface area contributed by atoms with Crippen LogP contribution in [-0.4, -0.2) is 43.6 Å². The number of nitrogens with one attached hydrogen (secondary N) is 1. The van der Waals surface area contributed by atoms with Gasteiger partial charge in [0.2, 0.25) is 0 Å². The number of carbonyl (C=O) groups excluding carboxylic acids is 1. The Morgan fingerprint density at radius 3 is 2.63 bits per heavy atom. The minimum absolute atomic E-state index is 0.0475. The van der Waals surface area contributed by atoms with E-state index < -0.39 is 0 Å². The van der Waals surface area contributed by atoms with Crippen LogP contribution in [0.4, 0.5) is 0 Å². The number of ether oxygens (including phenoxy) is 1. The van der Waals surface area contributed by atoms with E-state index in [4.69, 9.17) is 4.74 Å². The van der Waals surface area contributed by atoms with Gasteiger partial charge in [0.05, 0.1) is 6.61 Å². The Morgan fingerprint density at radius 1 is 1.26 bits per heavy atom. The second-order valence-corrected chi connectivity index (χ2v) is 4.24. The molecule has 0 heterocycles. The van der Waals surface area contributed by atoms with Crippen LogP contribution in [0.1, 0.15) is 31.1 Å². The summed E-state index contributed by atoms with van der Waals surface area (Å²) in [5, 5.41) is 2.93. The van der Waals surface area contributed by atoms with Crippen molar-refractivity contribution in [2.45, 2.75) is 20.8 Å². The van der Waals surface area contributed by atoms with Gasteiger partial charge >= 0.3 is 0 Å². The normalized spacial score (nSPS) is 10.5. The van der Waals surface area contributed by atoms with E-state index in [-0.39, 0.29) is 5.91 Å². The molecular formula is C15H24N2O2. The van der Waals surface area contributed by atoms with E-state index >= 15 is 0 Å². The SMILES string of the molecule is CCOc1cccc(C(=O)NCCN(CC)CC)c1. The number of carbonyl (C=O) groups is 1. The van der Waals surface area contributed by atoms with E-state index in [0.717, 1.165) is 25.4 Å². The van der Waals surface area contributed by atoms with Crippen LogP contribution in [0.25, 0.3) is 0 Å². The predicted octanol–water partition coefficient (Wildman–Crippen LogP) is 2.16. The van der Waals surface area contributed by atoms with Crippen LogP contribution in [-0.2, 0) is 0 Å². The highest BCUT2D eigenvalue weighted by atomic mass is 16.5. The first kappa shape index (κ1) is 15.5.